The predicted octanol–water partition coefficient (Wildman–Crippen LogP) is 4.09. The normalized spacial score (nSPS) is 15.4. The topological polar surface area (TPSA) is 132 Å². The predicted molar refractivity (Wildman–Crippen MR) is 139 cm³/mol. The minimum atomic E-state index is -0.205. The molecule has 1 aromatic carbocycles. The number of nitrogens with zero attached hydrogens (tertiary/aromatic N) is 4. The number of hydrogen-bond acceptors (Lipinski definition) is 8. The van der Waals surface area contributed by atoms with Gasteiger partial charge in [0, 0.05) is 48.0 Å². The molecule has 1 amide bonds. The first kappa shape index (κ1) is 23.2. The molecule has 0 saturated carbocycles. The lowest BCUT2D eigenvalue weighted by Crippen LogP contribution is -2.44. The Balaban J connectivity index is 1.50. The van der Waals surface area contributed by atoms with Crippen LogP contribution in [-0.4, -0.2) is 58.1 Å². The highest BCUT2D eigenvalue weighted by atomic mass is 16.5. The molecule has 10 nitrogen and oxygen atoms in total. The Hall–Kier alpha value is -4.57. The smallest absolute Gasteiger partial charge is 0.255 e. The van der Waals surface area contributed by atoms with E-state index in [9.17, 15) is 4.79 Å². The summed E-state index contributed by atoms with van der Waals surface area (Å²) in [7, 11) is 0. The molecule has 0 bridgehead atoms. The second-order valence-corrected chi connectivity index (χ2v) is 8.41. The fourth-order valence-corrected chi connectivity index (χ4v) is 4.13. The lowest BCUT2D eigenvalue weighted by atomic mass is 10.00. The molecule has 0 spiro atoms. The number of ether oxygens (including phenoxy) is 1. The van der Waals surface area contributed by atoms with Crippen molar-refractivity contribution in [2.24, 2.45) is 0 Å². The third-order valence-corrected chi connectivity index (χ3v) is 6.00. The molecule has 3 aromatic heterocycles. The molecule has 36 heavy (non-hydrogen) atoms. The van der Waals surface area contributed by atoms with E-state index in [1.54, 1.807) is 36.8 Å². The van der Waals surface area contributed by atoms with E-state index >= 15 is 0 Å². The van der Waals surface area contributed by atoms with E-state index < -0.39 is 0 Å². The molecule has 1 atom stereocenters. The number of amides is 1. The minimum absolute atomic E-state index is 0.163. The van der Waals surface area contributed by atoms with Crippen LogP contribution in [0.2, 0.25) is 0 Å². The van der Waals surface area contributed by atoms with Crippen LogP contribution in [0.5, 0.6) is 0 Å². The van der Waals surface area contributed by atoms with Crippen molar-refractivity contribution in [3.63, 3.8) is 0 Å². The number of hydrogen-bond donors (Lipinski definition) is 4. The number of rotatable bonds is 7. The molecule has 5 rings (SSSR count). The van der Waals surface area contributed by atoms with Crippen molar-refractivity contribution in [2.75, 3.05) is 35.3 Å². The molecule has 4 aromatic rings. The fourth-order valence-electron chi connectivity index (χ4n) is 4.13. The van der Waals surface area contributed by atoms with Gasteiger partial charge in [0.15, 0.2) is 0 Å². The van der Waals surface area contributed by atoms with Crippen molar-refractivity contribution in [3.05, 3.63) is 78.2 Å². The number of aromatic nitrogens is 4. The van der Waals surface area contributed by atoms with Gasteiger partial charge >= 0.3 is 0 Å². The maximum absolute atomic E-state index is 12.5. The summed E-state index contributed by atoms with van der Waals surface area (Å²) in [6, 6.07) is 14.9. The zero-order valence-corrected chi connectivity index (χ0v) is 19.7. The van der Waals surface area contributed by atoms with Crippen LogP contribution in [0.1, 0.15) is 22.8 Å². The molecule has 1 aliphatic heterocycles. The molecule has 1 aliphatic rings. The third kappa shape index (κ3) is 4.93. The molecular formula is C26H26N8O2. The quantitative estimate of drug-likeness (QED) is 0.292. The number of morpholine rings is 1. The molecule has 1 fully saturated rings. The summed E-state index contributed by atoms with van der Waals surface area (Å²) in [5, 5.41) is 21.2. The van der Waals surface area contributed by atoms with Crippen molar-refractivity contribution in [1.82, 2.24) is 20.2 Å². The van der Waals surface area contributed by atoms with E-state index in [0.29, 0.717) is 41.7 Å². The fraction of sp³-hybridized carbons (Fsp3) is 0.192. The number of pyridine rings is 2. The highest BCUT2D eigenvalue weighted by Gasteiger charge is 2.23. The van der Waals surface area contributed by atoms with Crippen LogP contribution in [0, 0.1) is 5.41 Å². The van der Waals surface area contributed by atoms with Crippen LogP contribution in [0.15, 0.2) is 67.1 Å². The summed E-state index contributed by atoms with van der Waals surface area (Å²) in [5.74, 6) is 1.82. The highest BCUT2D eigenvalue weighted by Crippen LogP contribution is 2.34. The summed E-state index contributed by atoms with van der Waals surface area (Å²) in [6.45, 7) is 4.08. The Bertz CT molecular complexity index is 1340. The summed E-state index contributed by atoms with van der Waals surface area (Å²) in [5.41, 5.74) is 3.59. The van der Waals surface area contributed by atoms with Crippen LogP contribution >= 0.6 is 0 Å². The van der Waals surface area contributed by atoms with E-state index in [0.717, 1.165) is 23.5 Å². The Labute approximate surface area is 208 Å². The van der Waals surface area contributed by atoms with Gasteiger partial charge in [-0.3, -0.25) is 14.9 Å². The molecular weight excluding hydrogens is 456 g/mol. The molecule has 0 unspecified atom stereocenters. The van der Waals surface area contributed by atoms with Crippen LogP contribution < -0.4 is 15.5 Å². The molecule has 4 heterocycles. The first-order chi connectivity index (χ1) is 17.6. The summed E-state index contributed by atoms with van der Waals surface area (Å²) in [4.78, 5) is 23.5. The highest BCUT2D eigenvalue weighted by molar-refractivity contribution is 6.04. The van der Waals surface area contributed by atoms with E-state index in [2.05, 4.69) is 37.6 Å². The third-order valence-electron chi connectivity index (χ3n) is 6.00. The van der Waals surface area contributed by atoms with Crippen molar-refractivity contribution in [2.45, 2.75) is 13.0 Å². The maximum atomic E-state index is 12.5. The second kappa shape index (κ2) is 10.4. The Morgan fingerprint density at radius 1 is 1.17 bits per heavy atom. The van der Waals surface area contributed by atoms with E-state index in [1.807, 2.05) is 30.3 Å². The lowest BCUT2D eigenvalue weighted by Gasteiger charge is -2.35. The molecule has 1 saturated heterocycles. The summed E-state index contributed by atoms with van der Waals surface area (Å²) >= 11 is 0. The molecule has 10 heteroatoms. The molecule has 0 aliphatic carbocycles. The summed E-state index contributed by atoms with van der Waals surface area (Å²) < 4.78 is 5.61. The van der Waals surface area contributed by atoms with Crippen molar-refractivity contribution in [1.29, 1.82) is 5.41 Å². The van der Waals surface area contributed by atoms with Crippen molar-refractivity contribution >= 4 is 35.3 Å². The van der Waals surface area contributed by atoms with Crippen LogP contribution in [0.3, 0.4) is 0 Å². The average molecular weight is 483 g/mol. The van der Waals surface area contributed by atoms with Crippen LogP contribution in [0.25, 0.3) is 11.1 Å². The number of carbonyl (C=O) groups excluding carboxylic acids is 1. The molecule has 4 N–H and O–H groups in total. The van der Waals surface area contributed by atoms with Gasteiger partial charge in [0.2, 0.25) is 0 Å². The van der Waals surface area contributed by atoms with Crippen LogP contribution in [0.4, 0.5) is 23.1 Å². The van der Waals surface area contributed by atoms with E-state index in [1.165, 1.54) is 6.21 Å². The van der Waals surface area contributed by atoms with Gasteiger partial charge in [0.25, 0.3) is 5.91 Å². The first-order valence-electron chi connectivity index (χ1n) is 11.6. The Morgan fingerprint density at radius 3 is 2.67 bits per heavy atom. The molecule has 0 radical (unpaired) electrons. The monoisotopic (exact) mass is 482 g/mol. The van der Waals surface area contributed by atoms with Gasteiger partial charge in [0.1, 0.15) is 17.5 Å². The lowest BCUT2D eigenvalue weighted by molar-refractivity contribution is 0.0985. The SMILES string of the molecule is C[C@@H]1COCCN1c1cc(-c2ccc(NC(=O)c3ccncc3)cc2)c(C=N)c(Nc2ccn[nH]2)n1. The Kier molecular flexibility index (Phi) is 6.67. The first-order valence-corrected chi connectivity index (χ1v) is 11.6. The summed E-state index contributed by atoms with van der Waals surface area (Å²) in [6.07, 6.45) is 6.12. The van der Waals surface area contributed by atoms with Crippen molar-refractivity contribution in [3.8, 4) is 11.1 Å². The van der Waals surface area contributed by atoms with Gasteiger partial charge in [-0.2, -0.15) is 5.10 Å². The van der Waals surface area contributed by atoms with Gasteiger partial charge in [-0.25, -0.2) is 4.98 Å². The minimum Gasteiger partial charge on any atom is -0.377 e. The van der Waals surface area contributed by atoms with E-state index in [-0.39, 0.29) is 11.9 Å². The Morgan fingerprint density at radius 2 is 1.97 bits per heavy atom. The number of H-pyrrole nitrogens is 1. The number of benzene rings is 1. The number of nitrogens with one attached hydrogen (secondary N) is 4. The second-order valence-electron chi connectivity index (χ2n) is 8.41. The number of anilines is 4. The largest absolute Gasteiger partial charge is 0.377 e. The molecule has 182 valence electrons. The average Bonchev–Trinajstić information content (AvgIpc) is 3.42. The van der Waals surface area contributed by atoms with Crippen molar-refractivity contribution < 1.29 is 9.53 Å². The zero-order valence-electron chi connectivity index (χ0n) is 19.7. The van der Waals surface area contributed by atoms with Gasteiger partial charge in [-0.15, -0.1) is 0 Å². The van der Waals surface area contributed by atoms with Gasteiger partial charge < -0.3 is 25.7 Å². The van der Waals surface area contributed by atoms with Gasteiger partial charge in [-0.05, 0) is 48.4 Å². The maximum Gasteiger partial charge on any atom is 0.255 e. The van der Waals surface area contributed by atoms with E-state index in [4.69, 9.17) is 15.1 Å². The van der Waals surface area contributed by atoms with Gasteiger partial charge in [-0.1, -0.05) is 12.1 Å². The standard InChI is InChI=1S/C26H26N8O2/c1-17-16-36-13-12-34(17)24-14-21(22(15-27)25(32-24)31-23-8-11-29-33-23)18-2-4-20(5-3-18)30-26(35)19-6-9-28-10-7-19/h2-11,14-15,17,27H,12-13,16H2,1H3,(H,30,35)(H2,29,31,32,33)/t17-/m1/s1. The number of aromatic amines is 1. The van der Waals surface area contributed by atoms with Gasteiger partial charge in [0.05, 0.1) is 25.5 Å². The van der Waals surface area contributed by atoms with Crippen LogP contribution in [-0.2, 0) is 4.74 Å². The number of carbonyl (C=O) groups is 1. The zero-order chi connectivity index (χ0) is 24.9.